The van der Waals surface area contributed by atoms with Gasteiger partial charge in [-0.3, -0.25) is 14.4 Å². The van der Waals surface area contributed by atoms with Gasteiger partial charge in [0.25, 0.3) is 0 Å². The quantitative estimate of drug-likeness (QED) is 0.0351. The molecular formula is C47H90O6. The third-order valence-corrected chi connectivity index (χ3v) is 10.6. The highest BCUT2D eigenvalue weighted by molar-refractivity contribution is 5.71. The zero-order valence-electron chi connectivity index (χ0n) is 35.8. The topological polar surface area (TPSA) is 78.9 Å². The summed E-state index contributed by atoms with van der Waals surface area (Å²) in [7, 11) is 0. The molecule has 0 amide bonds. The molecule has 0 heterocycles. The van der Waals surface area contributed by atoms with Gasteiger partial charge in [-0.2, -0.15) is 0 Å². The smallest absolute Gasteiger partial charge is 0.306 e. The van der Waals surface area contributed by atoms with Gasteiger partial charge < -0.3 is 14.2 Å². The molecule has 0 unspecified atom stereocenters. The van der Waals surface area contributed by atoms with Gasteiger partial charge >= 0.3 is 17.9 Å². The van der Waals surface area contributed by atoms with Gasteiger partial charge in [-0.15, -0.1) is 0 Å². The number of carbonyl (C=O) groups excluding carboxylic acids is 3. The SMILES string of the molecule is CCCCCCCCCCCCCCCCC(=O)O[C@@H](COC(=O)CCCCCCCCCCC)COC(=O)CCCCCCCCCCCCCC. The van der Waals surface area contributed by atoms with E-state index in [1.807, 2.05) is 0 Å². The number of ether oxygens (including phenoxy) is 3. The van der Waals surface area contributed by atoms with E-state index < -0.39 is 6.10 Å². The van der Waals surface area contributed by atoms with E-state index in [2.05, 4.69) is 20.8 Å². The van der Waals surface area contributed by atoms with Crippen LogP contribution >= 0.6 is 0 Å². The van der Waals surface area contributed by atoms with Gasteiger partial charge in [0.05, 0.1) is 0 Å². The zero-order chi connectivity index (χ0) is 38.7. The molecule has 53 heavy (non-hydrogen) atoms. The molecule has 0 aromatic carbocycles. The second-order valence-corrected chi connectivity index (χ2v) is 16.0. The summed E-state index contributed by atoms with van der Waals surface area (Å²) in [6, 6.07) is 0. The maximum atomic E-state index is 12.7. The van der Waals surface area contributed by atoms with Crippen LogP contribution < -0.4 is 0 Å². The zero-order valence-corrected chi connectivity index (χ0v) is 35.8. The lowest BCUT2D eigenvalue weighted by molar-refractivity contribution is -0.167. The van der Waals surface area contributed by atoms with Crippen LogP contribution in [0.2, 0.25) is 0 Å². The van der Waals surface area contributed by atoms with Gasteiger partial charge in [0, 0.05) is 19.3 Å². The first-order chi connectivity index (χ1) is 26.0. The van der Waals surface area contributed by atoms with Crippen molar-refractivity contribution in [2.45, 2.75) is 271 Å². The number of hydrogen-bond donors (Lipinski definition) is 0. The molecule has 0 N–H and O–H groups in total. The summed E-state index contributed by atoms with van der Waals surface area (Å²) in [6.07, 6.45) is 43.7. The van der Waals surface area contributed by atoms with Crippen molar-refractivity contribution in [1.29, 1.82) is 0 Å². The highest BCUT2D eigenvalue weighted by atomic mass is 16.6. The Balaban J connectivity index is 4.30. The van der Waals surface area contributed by atoms with E-state index in [1.165, 1.54) is 167 Å². The van der Waals surface area contributed by atoms with Gasteiger partial charge in [-0.25, -0.2) is 0 Å². The minimum atomic E-state index is -0.757. The van der Waals surface area contributed by atoms with E-state index in [0.29, 0.717) is 19.3 Å². The Morgan fingerprint density at radius 1 is 0.302 bits per heavy atom. The third kappa shape index (κ3) is 41.4. The van der Waals surface area contributed by atoms with E-state index in [0.717, 1.165) is 57.8 Å². The molecule has 0 aromatic rings. The van der Waals surface area contributed by atoms with Crippen LogP contribution in [0.5, 0.6) is 0 Å². The van der Waals surface area contributed by atoms with E-state index >= 15 is 0 Å². The molecule has 0 spiro atoms. The van der Waals surface area contributed by atoms with Crippen LogP contribution in [0.3, 0.4) is 0 Å². The first kappa shape index (κ1) is 51.4. The van der Waals surface area contributed by atoms with Crippen LogP contribution in [0, 0.1) is 0 Å². The highest BCUT2D eigenvalue weighted by Crippen LogP contribution is 2.16. The molecule has 0 aliphatic heterocycles. The molecule has 0 fully saturated rings. The van der Waals surface area contributed by atoms with Gasteiger partial charge in [-0.05, 0) is 19.3 Å². The Kier molecular flexibility index (Phi) is 41.8. The molecule has 0 aromatic heterocycles. The summed E-state index contributed by atoms with van der Waals surface area (Å²) >= 11 is 0. The van der Waals surface area contributed by atoms with Crippen LogP contribution in [0.1, 0.15) is 265 Å². The van der Waals surface area contributed by atoms with Crippen LogP contribution in [0.15, 0.2) is 0 Å². The Labute approximate surface area is 329 Å². The summed E-state index contributed by atoms with van der Waals surface area (Å²) in [5.74, 6) is -0.851. The molecule has 0 rings (SSSR count). The van der Waals surface area contributed by atoms with Gasteiger partial charge in [-0.1, -0.05) is 226 Å². The summed E-state index contributed by atoms with van der Waals surface area (Å²) in [4.78, 5) is 37.7. The second-order valence-electron chi connectivity index (χ2n) is 16.0. The third-order valence-electron chi connectivity index (χ3n) is 10.6. The monoisotopic (exact) mass is 751 g/mol. The van der Waals surface area contributed by atoms with Gasteiger partial charge in [0.15, 0.2) is 6.10 Å². The fourth-order valence-electron chi connectivity index (χ4n) is 7.03. The summed E-state index contributed by atoms with van der Waals surface area (Å²) in [5, 5.41) is 0. The normalized spacial score (nSPS) is 11.8. The number of carbonyl (C=O) groups is 3. The van der Waals surface area contributed by atoms with Crippen molar-refractivity contribution >= 4 is 17.9 Å². The lowest BCUT2D eigenvalue weighted by atomic mass is 10.0. The maximum Gasteiger partial charge on any atom is 0.306 e. The standard InChI is InChI=1S/C47H90O6/c1-4-7-10-13-16-19-21-23-24-26-29-32-35-38-41-47(50)53-44(42-51-45(48)39-36-33-30-27-18-15-12-9-6-3)43-52-46(49)40-37-34-31-28-25-22-20-17-14-11-8-5-2/h44H,4-43H2,1-3H3/t44-/m0/s1. The van der Waals surface area contributed by atoms with E-state index in [9.17, 15) is 14.4 Å². The minimum Gasteiger partial charge on any atom is -0.462 e. The van der Waals surface area contributed by atoms with Crippen molar-refractivity contribution in [2.24, 2.45) is 0 Å². The fraction of sp³-hybridized carbons (Fsp3) is 0.936. The molecule has 1 atom stereocenters. The molecule has 0 saturated carbocycles. The van der Waals surface area contributed by atoms with Crippen molar-refractivity contribution in [3.63, 3.8) is 0 Å². The Morgan fingerprint density at radius 2 is 0.509 bits per heavy atom. The van der Waals surface area contributed by atoms with Crippen molar-refractivity contribution in [3.05, 3.63) is 0 Å². The Morgan fingerprint density at radius 3 is 0.755 bits per heavy atom. The molecule has 0 bridgehead atoms. The summed E-state index contributed by atoms with van der Waals surface area (Å²) < 4.78 is 16.7. The highest BCUT2D eigenvalue weighted by Gasteiger charge is 2.19. The number of unbranched alkanes of at least 4 members (excludes halogenated alkanes) is 32. The van der Waals surface area contributed by atoms with Crippen LogP contribution in [-0.2, 0) is 28.6 Å². The van der Waals surface area contributed by atoms with Gasteiger partial charge in [0.2, 0.25) is 0 Å². The second kappa shape index (κ2) is 43.1. The molecule has 0 saturated heterocycles. The number of hydrogen-bond acceptors (Lipinski definition) is 6. The predicted molar refractivity (Wildman–Crippen MR) is 224 cm³/mol. The molecular weight excluding hydrogens is 661 g/mol. The first-order valence-corrected chi connectivity index (χ1v) is 23.5. The van der Waals surface area contributed by atoms with Gasteiger partial charge in [0.1, 0.15) is 13.2 Å². The van der Waals surface area contributed by atoms with Crippen molar-refractivity contribution in [3.8, 4) is 0 Å². The number of rotatable bonds is 43. The summed E-state index contributed by atoms with van der Waals surface area (Å²) in [5.41, 5.74) is 0. The van der Waals surface area contributed by atoms with Crippen molar-refractivity contribution in [2.75, 3.05) is 13.2 Å². The predicted octanol–water partition coefficient (Wildman–Crippen LogP) is 14.9. The molecule has 6 nitrogen and oxygen atoms in total. The van der Waals surface area contributed by atoms with Crippen LogP contribution in [0.25, 0.3) is 0 Å². The van der Waals surface area contributed by atoms with Crippen molar-refractivity contribution in [1.82, 2.24) is 0 Å². The molecule has 0 radical (unpaired) electrons. The first-order valence-electron chi connectivity index (χ1n) is 23.5. The average Bonchev–Trinajstić information content (AvgIpc) is 3.15. The maximum absolute atomic E-state index is 12.7. The fourth-order valence-corrected chi connectivity index (χ4v) is 7.03. The molecule has 6 heteroatoms. The molecule has 0 aliphatic carbocycles. The van der Waals surface area contributed by atoms with E-state index in [-0.39, 0.29) is 31.1 Å². The van der Waals surface area contributed by atoms with Crippen molar-refractivity contribution < 1.29 is 28.6 Å². The Bertz CT molecular complexity index is 783. The lowest BCUT2D eigenvalue weighted by Crippen LogP contribution is -2.30. The molecule has 0 aliphatic rings. The lowest BCUT2D eigenvalue weighted by Gasteiger charge is -2.18. The Hall–Kier alpha value is -1.59. The average molecular weight is 751 g/mol. The van der Waals surface area contributed by atoms with E-state index in [4.69, 9.17) is 14.2 Å². The number of esters is 3. The van der Waals surface area contributed by atoms with E-state index in [1.54, 1.807) is 0 Å². The van der Waals surface area contributed by atoms with Crippen LogP contribution in [0.4, 0.5) is 0 Å². The largest absolute Gasteiger partial charge is 0.462 e. The van der Waals surface area contributed by atoms with Crippen LogP contribution in [-0.4, -0.2) is 37.2 Å². The summed E-state index contributed by atoms with van der Waals surface area (Å²) in [6.45, 7) is 6.64. The minimum absolute atomic E-state index is 0.0626. The molecule has 314 valence electrons.